The van der Waals surface area contributed by atoms with Crippen molar-refractivity contribution in [2.24, 2.45) is 0 Å². The topological polar surface area (TPSA) is 76.3 Å². The second-order valence-corrected chi connectivity index (χ2v) is 10.5. The summed E-state index contributed by atoms with van der Waals surface area (Å²) in [7, 11) is -2.16. The molecule has 0 atom stereocenters. The predicted octanol–water partition coefficient (Wildman–Crippen LogP) is 3.29. The minimum absolute atomic E-state index is 0.0213. The Morgan fingerprint density at radius 3 is 2.47 bits per heavy atom. The van der Waals surface area contributed by atoms with Gasteiger partial charge in [-0.3, -0.25) is 15.1 Å². The highest BCUT2D eigenvalue weighted by atomic mass is 28.4. The van der Waals surface area contributed by atoms with Crippen molar-refractivity contribution in [3.05, 3.63) is 34.1 Å². The van der Waals surface area contributed by atoms with Crippen molar-refractivity contribution in [1.29, 1.82) is 0 Å². The van der Waals surface area contributed by atoms with Crippen molar-refractivity contribution in [2.75, 3.05) is 0 Å². The summed E-state index contributed by atoms with van der Waals surface area (Å²) in [6, 6.07) is 3.19. The van der Waals surface area contributed by atoms with Crippen LogP contribution < -0.4 is 0 Å². The normalized spacial score (nSPS) is 12.5. The van der Waals surface area contributed by atoms with E-state index in [4.69, 9.17) is 0 Å². The van der Waals surface area contributed by atoms with Gasteiger partial charge in [-0.1, -0.05) is 13.8 Å². The highest BCUT2D eigenvalue weighted by Gasteiger charge is 2.37. The molecule has 0 radical (unpaired) electrons. The van der Waals surface area contributed by atoms with Crippen LogP contribution in [-0.4, -0.2) is 23.0 Å². The number of aromatic nitrogens is 1. The quantitative estimate of drug-likeness (QED) is 0.493. The third-order valence-corrected chi connectivity index (χ3v) is 7.47. The summed E-state index contributed by atoms with van der Waals surface area (Å²) in [5, 5.41) is 10.5. The van der Waals surface area contributed by atoms with Gasteiger partial charge in [0.05, 0.1) is 4.92 Å². The first kappa shape index (κ1) is 15.8. The molecule has 19 heavy (non-hydrogen) atoms. The molecule has 6 heteroatoms. The fourth-order valence-electron chi connectivity index (χ4n) is 1.69. The molecule has 106 valence electrons. The minimum atomic E-state index is -2.16. The van der Waals surface area contributed by atoms with Crippen molar-refractivity contribution in [2.45, 2.75) is 51.2 Å². The zero-order valence-corrected chi connectivity index (χ0v) is 13.0. The van der Waals surface area contributed by atoms with Crippen molar-refractivity contribution < 1.29 is 9.72 Å². The Balaban J connectivity index is 2.52. The van der Waals surface area contributed by atoms with Crippen LogP contribution in [0.1, 0.15) is 32.4 Å². The SMILES string of the molecule is CC(C)(CCCc1ccc([N+](=O)[O-])cn1)[Si](C)(C)O. The van der Waals surface area contributed by atoms with Crippen molar-refractivity contribution in [1.82, 2.24) is 4.98 Å². The van der Waals surface area contributed by atoms with E-state index in [2.05, 4.69) is 18.8 Å². The molecule has 0 bridgehead atoms. The fraction of sp³-hybridized carbons (Fsp3) is 0.615. The van der Waals surface area contributed by atoms with E-state index in [-0.39, 0.29) is 10.7 Å². The highest BCUT2D eigenvalue weighted by Crippen LogP contribution is 2.39. The summed E-state index contributed by atoms with van der Waals surface area (Å²) in [5.41, 5.74) is 0.881. The number of hydrogen-bond donors (Lipinski definition) is 1. The first-order valence-corrected chi connectivity index (χ1v) is 9.40. The van der Waals surface area contributed by atoms with E-state index in [0.717, 1.165) is 25.0 Å². The Morgan fingerprint density at radius 1 is 1.42 bits per heavy atom. The number of aryl methyl sites for hydroxylation is 1. The van der Waals surface area contributed by atoms with Crippen LogP contribution in [0.4, 0.5) is 5.69 Å². The molecule has 0 amide bonds. The molecule has 0 saturated heterocycles. The van der Waals surface area contributed by atoms with Crippen molar-refractivity contribution >= 4 is 14.0 Å². The number of rotatable bonds is 6. The molecular weight excluding hydrogens is 260 g/mol. The molecule has 1 N–H and O–H groups in total. The molecule has 1 aromatic rings. The van der Waals surface area contributed by atoms with Gasteiger partial charge in [-0.15, -0.1) is 0 Å². The molecule has 0 spiro atoms. The first-order chi connectivity index (χ1) is 8.63. The number of nitrogens with zero attached hydrogens (tertiary/aromatic N) is 2. The fourth-order valence-corrected chi connectivity index (χ4v) is 2.48. The molecule has 0 aromatic carbocycles. The lowest BCUT2D eigenvalue weighted by Gasteiger charge is -2.35. The third kappa shape index (κ3) is 4.40. The molecule has 0 fully saturated rings. The lowest BCUT2D eigenvalue weighted by Crippen LogP contribution is -2.38. The van der Waals surface area contributed by atoms with Gasteiger partial charge in [0.25, 0.3) is 5.69 Å². The predicted molar refractivity (Wildman–Crippen MR) is 77.6 cm³/mol. The van der Waals surface area contributed by atoms with Crippen LogP contribution in [-0.2, 0) is 6.42 Å². The zero-order chi connectivity index (χ0) is 14.7. The van der Waals surface area contributed by atoms with E-state index in [9.17, 15) is 14.9 Å². The van der Waals surface area contributed by atoms with Crippen LogP contribution in [0.15, 0.2) is 18.3 Å². The maximum atomic E-state index is 10.5. The smallest absolute Gasteiger partial charge is 0.287 e. The molecule has 1 heterocycles. The van der Waals surface area contributed by atoms with E-state index < -0.39 is 13.2 Å². The summed E-state index contributed by atoms with van der Waals surface area (Å²) in [6.45, 7) is 8.11. The van der Waals surface area contributed by atoms with Gasteiger partial charge in [-0.2, -0.15) is 0 Å². The van der Waals surface area contributed by atoms with E-state index in [1.807, 2.05) is 13.1 Å². The van der Waals surface area contributed by atoms with Gasteiger partial charge < -0.3 is 4.80 Å². The maximum absolute atomic E-state index is 10.5. The third-order valence-electron chi connectivity index (χ3n) is 3.91. The maximum Gasteiger partial charge on any atom is 0.287 e. The highest BCUT2D eigenvalue weighted by molar-refractivity contribution is 6.72. The van der Waals surface area contributed by atoms with Crippen LogP contribution in [0.5, 0.6) is 0 Å². The van der Waals surface area contributed by atoms with E-state index in [1.165, 1.54) is 12.3 Å². The molecule has 0 saturated carbocycles. The first-order valence-electron chi connectivity index (χ1n) is 6.45. The Morgan fingerprint density at radius 2 is 2.05 bits per heavy atom. The van der Waals surface area contributed by atoms with Crippen LogP contribution in [0, 0.1) is 10.1 Å². The summed E-state index contributed by atoms with van der Waals surface area (Å²) >= 11 is 0. The van der Waals surface area contributed by atoms with Gasteiger partial charge in [-0.25, -0.2) is 0 Å². The van der Waals surface area contributed by atoms with Crippen LogP contribution in [0.25, 0.3) is 0 Å². The Labute approximate surface area is 115 Å². The Hall–Kier alpha value is -1.27. The molecule has 1 aromatic heterocycles. The number of nitro groups is 1. The molecule has 5 nitrogen and oxygen atoms in total. The van der Waals surface area contributed by atoms with Crippen LogP contribution >= 0.6 is 0 Å². The summed E-state index contributed by atoms with van der Waals surface area (Å²) in [6.07, 6.45) is 3.94. The molecular formula is C13H22N2O3Si. The molecule has 0 unspecified atom stereocenters. The van der Waals surface area contributed by atoms with Crippen molar-refractivity contribution in [3.63, 3.8) is 0 Å². The second kappa shape index (κ2) is 5.79. The average Bonchev–Trinajstić information content (AvgIpc) is 2.28. The van der Waals surface area contributed by atoms with Gasteiger partial charge >= 0.3 is 0 Å². The van der Waals surface area contributed by atoms with Crippen molar-refractivity contribution in [3.8, 4) is 0 Å². The van der Waals surface area contributed by atoms with E-state index >= 15 is 0 Å². The van der Waals surface area contributed by atoms with Crippen LogP contribution in [0.2, 0.25) is 18.1 Å². The lowest BCUT2D eigenvalue weighted by molar-refractivity contribution is -0.385. The van der Waals surface area contributed by atoms with Gasteiger partial charge in [0.2, 0.25) is 0 Å². The minimum Gasteiger partial charge on any atom is -0.432 e. The molecule has 0 aliphatic carbocycles. The van der Waals surface area contributed by atoms with E-state index in [1.54, 1.807) is 6.07 Å². The van der Waals surface area contributed by atoms with Crippen LogP contribution in [0.3, 0.4) is 0 Å². The van der Waals surface area contributed by atoms with Gasteiger partial charge in [0.1, 0.15) is 6.20 Å². The molecule has 0 aliphatic heterocycles. The molecule has 1 rings (SSSR count). The lowest BCUT2D eigenvalue weighted by atomic mass is 10.0. The van der Waals surface area contributed by atoms with Gasteiger partial charge in [0.15, 0.2) is 8.32 Å². The van der Waals surface area contributed by atoms with E-state index in [0.29, 0.717) is 0 Å². The van der Waals surface area contributed by atoms with Gasteiger partial charge in [-0.05, 0) is 43.5 Å². The average molecular weight is 282 g/mol. The Bertz CT molecular complexity index is 438. The summed E-state index contributed by atoms with van der Waals surface area (Å²) in [4.78, 5) is 24.3. The monoisotopic (exact) mass is 282 g/mol. The number of pyridine rings is 1. The Kier molecular flexibility index (Phi) is 4.81. The largest absolute Gasteiger partial charge is 0.432 e. The second-order valence-electron chi connectivity index (χ2n) is 6.06. The standard InChI is InChI=1S/C13H22N2O3Si/c1-13(2,19(3,4)18)9-5-6-11-7-8-12(10-14-11)15(16)17/h7-8,10,18H,5-6,9H2,1-4H3. The summed E-state index contributed by atoms with van der Waals surface area (Å²) in [5.74, 6) is 0. The molecule has 0 aliphatic rings. The number of hydrogen-bond acceptors (Lipinski definition) is 4. The van der Waals surface area contributed by atoms with Gasteiger partial charge in [0, 0.05) is 11.8 Å². The summed E-state index contributed by atoms with van der Waals surface area (Å²) < 4.78 is 0. The zero-order valence-electron chi connectivity index (χ0n) is 12.0.